The molecule has 0 bridgehead atoms. The molecule has 24 heavy (non-hydrogen) atoms. The van der Waals surface area contributed by atoms with Crippen molar-refractivity contribution in [3.8, 4) is 5.75 Å². The van der Waals surface area contributed by atoms with Crippen molar-refractivity contribution >= 4 is 16.5 Å². The van der Waals surface area contributed by atoms with Crippen LogP contribution in [0.4, 0.5) is 5.69 Å². The van der Waals surface area contributed by atoms with Gasteiger partial charge < -0.3 is 10.1 Å². The summed E-state index contributed by atoms with van der Waals surface area (Å²) in [5, 5.41) is 6.15. The lowest BCUT2D eigenvalue weighted by Gasteiger charge is -2.11. The zero-order valence-electron chi connectivity index (χ0n) is 14.5. The van der Waals surface area contributed by atoms with Crippen molar-refractivity contribution in [2.75, 3.05) is 18.5 Å². The van der Waals surface area contributed by atoms with Gasteiger partial charge in [0, 0.05) is 12.2 Å². The van der Waals surface area contributed by atoms with Gasteiger partial charge in [0.2, 0.25) is 0 Å². The summed E-state index contributed by atoms with van der Waals surface area (Å²) in [6, 6.07) is 23.3. The van der Waals surface area contributed by atoms with E-state index in [-0.39, 0.29) is 0 Å². The molecule has 0 aromatic heterocycles. The molecule has 0 radical (unpaired) electrons. The van der Waals surface area contributed by atoms with Crippen LogP contribution in [-0.4, -0.2) is 13.2 Å². The van der Waals surface area contributed by atoms with E-state index in [0.717, 1.165) is 31.0 Å². The Kier molecular flexibility index (Phi) is 5.37. The van der Waals surface area contributed by atoms with Crippen LogP contribution < -0.4 is 10.1 Å². The van der Waals surface area contributed by atoms with Crippen LogP contribution in [0.1, 0.15) is 19.4 Å². The Balaban J connectivity index is 1.56. The van der Waals surface area contributed by atoms with E-state index < -0.39 is 0 Å². The highest BCUT2D eigenvalue weighted by Crippen LogP contribution is 2.20. The summed E-state index contributed by atoms with van der Waals surface area (Å²) in [6.07, 6.45) is 1.01. The second-order valence-electron chi connectivity index (χ2n) is 6.54. The maximum Gasteiger partial charge on any atom is 0.119 e. The van der Waals surface area contributed by atoms with Crippen molar-refractivity contribution in [3.63, 3.8) is 0 Å². The van der Waals surface area contributed by atoms with Crippen LogP contribution in [0, 0.1) is 5.92 Å². The molecule has 0 unspecified atom stereocenters. The fourth-order valence-electron chi connectivity index (χ4n) is 2.78. The third-order valence-electron chi connectivity index (χ3n) is 4.04. The van der Waals surface area contributed by atoms with Crippen LogP contribution in [-0.2, 0) is 6.42 Å². The van der Waals surface area contributed by atoms with E-state index >= 15 is 0 Å². The van der Waals surface area contributed by atoms with E-state index in [1.54, 1.807) is 0 Å². The normalized spacial score (nSPS) is 11.0. The predicted octanol–water partition coefficient (Wildman–Crippen LogP) is 5.53. The maximum atomic E-state index is 5.72. The zero-order chi connectivity index (χ0) is 16.8. The fraction of sp³-hybridized carbons (Fsp3) is 0.273. The molecule has 0 saturated carbocycles. The number of benzene rings is 3. The second kappa shape index (κ2) is 7.87. The van der Waals surface area contributed by atoms with Gasteiger partial charge in [-0.3, -0.25) is 0 Å². The summed E-state index contributed by atoms with van der Waals surface area (Å²) >= 11 is 0. The van der Waals surface area contributed by atoms with Crippen molar-refractivity contribution in [2.24, 2.45) is 5.92 Å². The molecule has 0 spiro atoms. The van der Waals surface area contributed by atoms with Crippen LogP contribution in [0.5, 0.6) is 5.75 Å². The highest BCUT2D eigenvalue weighted by molar-refractivity contribution is 5.85. The first-order chi connectivity index (χ1) is 11.7. The molecule has 3 rings (SSSR count). The Hall–Kier alpha value is -2.48. The minimum Gasteiger partial charge on any atom is -0.493 e. The topological polar surface area (TPSA) is 21.3 Å². The van der Waals surface area contributed by atoms with Gasteiger partial charge in [-0.25, -0.2) is 0 Å². The molecule has 0 aliphatic rings. The molecule has 0 aliphatic carbocycles. The average Bonchev–Trinajstić information content (AvgIpc) is 2.61. The van der Waals surface area contributed by atoms with Gasteiger partial charge in [0.05, 0.1) is 6.61 Å². The first kappa shape index (κ1) is 16.4. The second-order valence-corrected chi connectivity index (χ2v) is 6.54. The molecule has 3 aromatic carbocycles. The molecular weight excluding hydrogens is 294 g/mol. The lowest BCUT2D eigenvalue weighted by molar-refractivity contribution is 0.271. The summed E-state index contributed by atoms with van der Waals surface area (Å²) in [4.78, 5) is 0. The highest BCUT2D eigenvalue weighted by Gasteiger charge is 2.01. The molecule has 124 valence electrons. The van der Waals surface area contributed by atoms with Crippen LogP contribution in [0.25, 0.3) is 10.8 Å². The largest absolute Gasteiger partial charge is 0.493 e. The smallest absolute Gasteiger partial charge is 0.119 e. The quantitative estimate of drug-likeness (QED) is 0.618. The zero-order valence-corrected chi connectivity index (χ0v) is 14.5. The Morgan fingerprint density at radius 3 is 2.42 bits per heavy atom. The van der Waals surface area contributed by atoms with Crippen LogP contribution in [0.2, 0.25) is 0 Å². The summed E-state index contributed by atoms with van der Waals surface area (Å²) in [6.45, 7) is 5.99. The molecule has 0 amide bonds. The van der Waals surface area contributed by atoms with Crippen molar-refractivity contribution in [1.82, 2.24) is 0 Å². The molecule has 1 N–H and O–H groups in total. The van der Waals surface area contributed by atoms with Crippen molar-refractivity contribution in [1.29, 1.82) is 0 Å². The van der Waals surface area contributed by atoms with Crippen LogP contribution in [0.15, 0.2) is 66.7 Å². The third-order valence-corrected chi connectivity index (χ3v) is 4.04. The Morgan fingerprint density at radius 2 is 1.62 bits per heavy atom. The Labute approximate surface area is 144 Å². The van der Waals surface area contributed by atoms with Gasteiger partial charge >= 0.3 is 0 Å². The molecule has 0 saturated heterocycles. The third kappa shape index (κ3) is 4.29. The first-order valence-electron chi connectivity index (χ1n) is 8.66. The molecule has 3 aromatic rings. The SMILES string of the molecule is CC(C)COc1ccc(NCCc2cccc3ccccc23)cc1. The van der Waals surface area contributed by atoms with Gasteiger partial charge in [-0.05, 0) is 52.9 Å². The lowest BCUT2D eigenvalue weighted by Crippen LogP contribution is -2.06. The summed E-state index contributed by atoms with van der Waals surface area (Å²) in [5.74, 6) is 1.48. The van der Waals surface area contributed by atoms with Gasteiger partial charge in [-0.15, -0.1) is 0 Å². The number of fused-ring (bicyclic) bond motifs is 1. The minimum atomic E-state index is 0.545. The van der Waals surface area contributed by atoms with Crippen molar-refractivity contribution < 1.29 is 4.74 Å². The number of rotatable bonds is 7. The molecule has 2 nitrogen and oxygen atoms in total. The van der Waals surface area contributed by atoms with Gasteiger partial charge in [-0.1, -0.05) is 56.3 Å². The van der Waals surface area contributed by atoms with E-state index in [0.29, 0.717) is 5.92 Å². The molecule has 0 fully saturated rings. The van der Waals surface area contributed by atoms with Gasteiger partial charge in [-0.2, -0.15) is 0 Å². The number of ether oxygens (including phenoxy) is 1. The van der Waals surface area contributed by atoms with E-state index in [1.165, 1.54) is 16.3 Å². The predicted molar refractivity (Wildman–Crippen MR) is 103 cm³/mol. The number of nitrogens with one attached hydrogen (secondary N) is 1. The standard InChI is InChI=1S/C22H25NO/c1-17(2)16-24-21-12-10-20(11-13-21)23-15-14-19-8-5-7-18-6-3-4-9-22(18)19/h3-13,17,23H,14-16H2,1-2H3. The number of hydrogen-bond donors (Lipinski definition) is 1. The fourth-order valence-corrected chi connectivity index (χ4v) is 2.78. The summed E-state index contributed by atoms with van der Waals surface area (Å²) < 4.78 is 5.72. The van der Waals surface area contributed by atoms with Crippen LogP contribution in [0.3, 0.4) is 0 Å². The Morgan fingerprint density at radius 1 is 0.875 bits per heavy atom. The highest BCUT2D eigenvalue weighted by atomic mass is 16.5. The molecule has 2 heteroatoms. The first-order valence-corrected chi connectivity index (χ1v) is 8.66. The molecule has 0 aliphatic heterocycles. The van der Waals surface area contributed by atoms with E-state index in [2.05, 4.69) is 73.8 Å². The van der Waals surface area contributed by atoms with E-state index in [1.807, 2.05) is 12.1 Å². The molecule has 0 heterocycles. The van der Waals surface area contributed by atoms with Gasteiger partial charge in [0.1, 0.15) is 5.75 Å². The molecule has 0 atom stereocenters. The van der Waals surface area contributed by atoms with Gasteiger partial charge in [0.15, 0.2) is 0 Å². The summed E-state index contributed by atoms with van der Waals surface area (Å²) in [7, 11) is 0. The van der Waals surface area contributed by atoms with Crippen LogP contribution >= 0.6 is 0 Å². The van der Waals surface area contributed by atoms with Gasteiger partial charge in [0.25, 0.3) is 0 Å². The average molecular weight is 319 g/mol. The summed E-state index contributed by atoms with van der Waals surface area (Å²) in [5.41, 5.74) is 2.52. The number of hydrogen-bond acceptors (Lipinski definition) is 2. The molecular formula is C22H25NO. The van der Waals surface area contributed by atoms with Crippen molar-refractivity contribution in [2.45, 2.75) is 20.3 Å². The lowest BCUT2D eigenvalue weighted by atomic mass is 10.0. The maximum absolute atomic E-state index is 5.72. The van der Waals surface area contributed by atoms with E-state index in [4.69, 9.17) is 4.74 Å². The minimum absolute atomic E-state index is 0.545. The van der Waals surface area contributed by atoms with E-state index in [9.17, 15) is 0 Å². The Bertz CT molecular complexity index is 772. The monoisotopic (exact) mass is 319 g/mol. The number of anilines is 1. The van der Waals surface area contributed by atoms with Crippen molar-refractivity contribution in [3.05, 3.63) is 72.3 Å².